The topological polar surface area (TPSA) is 64.7 Å². The van der Waals surface area contributed by atoms with Crippen LogP contribution in [0.5, 0.6) is 0 Å². The van der Waals surface area contributed by atoms with Gasteiger partial charge in [0.1, 0.15) is 11.5 Å². The summed E-state index contributed by atoms with van der Waals surface area (Å²) in [4.78, 5) is 12.7. The number of benzene rings is 2. The van der Waals surface area contributed by atoms with Gasteiger partial charge in [0.15, 0.2) is 5.82 Å². The molecule has 31 heavy (non-hydrogen) atoms. The summed E-state index contributed by atoms with van der Waals surface area (Å²) >= 11 is 0. The minimum Gasteiger partial charge on any atom is -0.352 e. The second kappa shape index (κ2) is 8.51. The number of aryl methyl sites for hydroxylation is 1. The Balaban J connectivity index is 1.44. The van der Waals surface area contributed by atoms with Gasteiger partial charge in [-0.3, -0.25) is 4.79 Å². The molecule has 0 radical (unpaired) electrons. The number of nitrogens with one attached hydrogen (secondary N) is 1. The summed E-state index contributed by atoms with van der Waals surface area (Å²) in [6.07, 6.45) is 2.44. The lowest BCUT2D eigenvalue weighted by Crippen LogP contribution is -2.26. The Hall–Kier alpha value is -3.81. The number of aromatic nitrogens is 4. The van der Waals surface area contributed by atoms with Crippen LogP contribution in [-0.2, 0) is 6.42 Å². The molecule has 158 valence electrons. The largest absolute Gasteiger partial charge is 0.352 e. The lowest BCUT2D eigenvalue weighted by atomic mass is 10.1. The molecule has 4 aromatic rings. The van der Waals surface area contributed by atoms with Crippen LogP contribution in [0.15, 0.2) is 60.8 Å². The van der Waals surface area contributed by atoms with Crippen LogP contribution < -0.4 is 5.32 Å². The van der Waals surface area contributed by atoms with Gasteiger partial charge in [0.05, 0.1) is 28.3 Å². The maximum absolute atomic E-state index is 14.2. The van der Waals surface area contributed by atoms with Crippen LogP contribution in [0, 0.1) is 25.5 Å². The van der Waals surface area contributed by atoms with Crippen molar-refractivity contribution in [3.8, 4) is 11.4 Å². The molecule has 0 unspecified atom stereocenters. The van der Waals surface area contributed by atoms with Crippen molar-refractivity contribution in [1.29, 1.82) is 0 Å². The molecule has 0 saturated heterocycles. The number of carbonyl (C=O) groups is 1. The maximum Gasteiger partial charge on any atom is 0.255 e. The molecule has 2 heterocycles. The molecule has 0 bridgehead atoms. The van der Waals surface area contributed by atoms with Crippen LogP contribution in [-0.4, -0.2) is 32.0 Å². The van der Waals surface area contributed by atoms with Gasteiger partial charge in [0.2, 0.25) is 0 Å². The van der Waals surface area contributed by atoms with Gasteiger partial charge in [-0.1, -0.05) is 18.2 Å². The van der Waals surface area contributed by atoms with E-state index in [1.54, 1.807) is 18.5 Å². The van der Waals surface area contributed by atoms with E-state index in [1.807, 2.05) is 42.6 Å². The molecule has 0 spiro atoms. The van der Waals surface area contributed by atoms with E-state index in [-0.39, 0.29) is 11.6 Å². The van der Waals surface area contributed by atoms with E-state index in [0.717, 1.165) is 23.5 Å². The fourth-order valence-electron chi connectivity index (χ4n) is 3.47. The molecule has 0 fully saturated rings. The molecule has 0 saturated carbocycles. The molecule has 0 atom stereocenters. The number of amides is 1. The summed E-state index contributed by atoms with van der Waals surface area (Å²) in [5.41, 5.74) is 3.22. The molecular formula is C23H21F2N5O. The van der Waals surface area contributed by atoms with Crippen LogP contribution in [0.25, 0.3) is 11.4 Å². The predicted molar refractivity (Wildman–Crippen MR) is 113 cm³/mol. The fraction of sp³-hybridized carbons (Fsp3) is 0.174. The van der Waals surface area contributed by atoms with Crippen LogP contribution in [0.3, 0.4) is 0 Å². The van der Waals surface area contributed by atoms with Gasteiger partial charge in [-0.05, 0) is 44.2 Å². The van der Waals surface area contributed by atoms with Crippen molar-refractivity contribution in [1.82, 2.24) is 24.9 Å². The number of halogens is 2. The summed E-state index contributed by atoms with van der Waals surface area (Å²) in [6.45, 7) is 3.75. The number of rotatable bonds is 6. The van der Waals surface area contributed by atoms with Gasteiger partial charge >= 0.3 is 0 Å². The molecule has 2 aromatic carbocycles. The average Bonchev–Trinajstić information content (AvgIpc) is 3.33. The lowest BCUT2D eigenvalue weighted by molar-refractivity contribution is 0.0953. The van der Waals surface area contributed by atoms with E-state index in [2.05, 4.69) is 15.5 Å². The SMILES string of the molecule is Cc1nn(-c2ccc(F)cc2F)c(C)c1C(=O)NCCc1ccn(-c2ccccc2)n1. The fourth-order valence-corrected chi connectivity index (χ4v) is 3.47. The normalized spacial score (nSPS) is 11.0. The molecule has 0 aliphatic heterocycles. The highest BCUT2D eigenvalue weighted by molar-refractivity contribution is 5.96. The maximum atomic E-state index is 14.2. The molecule has 1 amide bonds. The second-order valence-electron chi connectivity index (χ2n) is 7.15. The Morgan fingerprint density at radius 1 is 1.03 bits per heavy atom. The molecule has 6 nitrogen and oxygen atoms in total. The minimum absolute atomic E-state index is 0.0903. The van der Waals surface area contributed by atoms with Crippen LogP contribution >= 0.6 is 0 Å². The Morgan fingerprint density at radius 3 is 2.55 bits per heavy atom. The summed E-state index contributed by atoms with van der Waals surface area (Å²) in [5, 5.41) is 11.7. The lowest BCUT2D eigenvalue weighted by Gasteiger charge is -2.07. The first-order valence-electron chi connectivity index (χ1n) is 9.84. The third kappa shape index (κ3) is 4.23. The van der Waals surface area contributed by atoms with Gasteiger partial charge < -0.3 is 5.32 Å². The van der Waals surface area contributed by atoms with E-state index in [0.29, 0.717) is 29.9 Å². The highest BCUT2D eigenvalue weighted by Gasteiger charge is 2.21. The summed E-state index contributed by atoms with van der Waals surface area (Å²) in [5.74, 6) is -1.71. The number of nitrogens with zero attached hydrogens (tertiary/aromatic N) is 4. The van der Waals surface area contributed by atoms with Crippen LogP contribution in [0.4, 0.5) is 8.78 Å². The Kier molecular flexibility index (Phi) is 5.62. The van der Waals surface area contributed by atoms with E-state index >= 15 is 0 Å². The van der Waals surface area contributed by atoms with E-state index in [9.17, 15) is 13.6 Å². The van der Waals surface area contributed by atoms with Crippen LogP contribution in [0.1, 0.15) is 27.4 Å². The summed E-state index contributed by atoms with van der Waals surface area (Å²) in [6, 6.07) is 14.9. The molecule has 1 N–H and O–H groups in total. The summed E-state index contributed by atoms with van der Waals surface area (Å²) < 4.78 is 30.5. The molecule has 0 aliphatic rings. The Morgan fingerprint density at radius 2 is 1.81 bits per heavy atom. The van der Waals surface area contributed by atoms with Gasteiger partial charge in [-0.15, -0.1) is 0 Å². The molecule has 2 aromatic heterocycles. The van der Waals surface area contributed by atoms with E-state index in [4.69, 9.17) is 0 Å². The zero-order chi connectivity index (χ0) is 22.0. The Bertz CT molecular complexity index is 1230. The van der Waals surface area contributed by atoms with Gasteiger partial charge in [-0.25, -0.2) is 18.1 Å². The van der Waals surface area contributed by atoms with Crippen molar-refractivity contribution in [3.63, 3.8) is 0 Å². The zero-order valence-electron chi connectivity index (χ0n) is 17.1. The molecule has 0 aliphatic carbocycles. The number of hydrogen-bond donors (Lipinski definition) is 1. The standard InChI is InChI=1S/C23H21F2N5O/c1-15-22(16(2)30(27-15)21-9-8-17(24)14-20(21)25)23(31)26-12-10-18-11-13-29(28-18)19-6-4-3-5-7-19/h3-9,11,13-14H,10,12H2,1-2H3,(H,26,31). The number of hydrogen-bond acceptors (Lipinski definition) is 3. The molecular weight excluding hydrogens is 400 g/mol. The quantitative estimate of drug-likeness (QED) is 0.513. The van der Waals surface area contributed by atoms with E-state index in [1.165, 1.54) is 10.7 Å². The van der Waals surface area contributed by atoms with Gasteiger partial charge in [-0.2, -0.15) is 10.2 Å². The molecule has 4 rings (SSSR count). The first kappa shape index (κ1) is 20.5. The van der Waals surface area contributed by atoms with Crippen molar-refractivity contribution < 1.29 is 13.6 Å². The van der Waals surface area contributed by atoms with Crippen molar-refractivity contribution in [2.75, 3.05) is 6.54 Å². The van der Waals surface area contributed by atoms with Crippen molar-refractivity contribution >= 4 is 5.91 Å². The third-order valence-electron chi connectivity index (χ3n) is 4.99. The second-order valence-corrected chi connectivity index (χ2v) is 7.15. The third-order valence-corrected chi connectivity index (χ3v) is 4.99. The van der Waals surface area contributed by atoms with Crippen molar-refractivity contribution in [2.45, 2.75) is 20.3 Å². The highest BCUT2D eigenvalue weighted by Crippen LogP contribution is 2.21. The first-order valence-corrected chi connectivity index (χ1v) is 9.84. The average molecular weight is 421 g/mol. The van der Waals surface area contributed by atoms with Crippen molar-refractivity contribution in [3.05, 3.63) is 95.1 Å². The van der Waals surface area contributed by atoms with Gasteiger partial charge in [0, 0.05) is 25.2 Å². The highest BCUT2D eigenvalue weighted by atomic mass is 19.1. The van der Waals surface area contributed by atoms with Crippen molar-refractivity contribution in [2.24, 2.45) is 0 Å². The summed E-state index contributed by atoms with van der Waals surface area (Å²) in [7, 11) is 0. The monoisotopic (exact) mass is 421 g/mol. The number of carbonyl (C=O) groups excluding carboxylic acids is 1. The predicted octanol–water partition coefficient (Wildman–Crippen LogP) is 3.93. The molecule has 8 heteroatoms. The van der Waals surface area contributed by atoms with Crippen LogP contribution in [0.2, 0.25) is 0 Å². The van der Waals surface area contributed by atoms with Gasteiger partial charge in [0.25, 0.3) is 5.91 Å². The minimum atomic E-state index is -0.744. The van der Waals surface area contributed by atoms with E-state index < -0.39 is 11.6 Å². The Labute approximate surface area is 178 Å². The first-order chi connectivity index (χ1) is 14.9. The zero-order valence-corrected chi connectivity index (χ0v) is 17.1. The number of para-hydroxylation sites is 1. The smallest absolute Gasteiger partial charge is 0.255 e.